The van der Waals surface area contributed by atoms with Gasteiger partial charge in [-0.3, -0.25) is 9.59 Å². The van der Waals surface area contributed by atoms with Gasteiger partial charge in [-0.15, -0.1) is 0 Å². The van der Waals surface area contributed by atoms with Gasteiger partial charge in [0.2, 0.25) is 5.91 Å². The van der Waals surface area contributed by atoms with Gasteiger partial charge in [-0.2, -0.15) is 0 Å². The molecule has 0 aromatic heterocycles. The van der Waals surface area contributed by atoms with E-state index in [1.165, 1.54) is 270 Å². The first-order valence-electron chi connectivity index (χ1n) is 31.8. The summed E-state index contributed by atoms with van der Waals surface area (Å²) in [6.45, 7) is 4.88. The molecular weight excluding hydrogens is 875 g/mol. The molecule has 0 heterocycles. The van der Waals surface area contributed by atoms with Crippen LogP contribution in [-0.4, -0.2) is 47.4 Å². The zero-order valence-corrected chi connectivity index (χ0v) is 47.7. The number of allylic oxidation sites excluding steroid dienone is 5. The summed E-state index contributed by atoms with van der Waals surface area (Å²) in [6.07, 6.45) is 76.4. The Labute approximate surface area is 443 Å². The summed E-state index contributed by atoms with van der Waals surface area (Å²) in [5.41, 5.74) is 0. The summed E-state index contributed by atoms with van der Waals surface area (Å²) in [4.78, 5) is 24.5. The van der Waals surface area contributed by atoms with E-state index in [1.807, 2.05) is 6.08 Å². The Balaban J connectivity index is 3.36. The van der Waals surface area contributed by atoms with Crippen molar-refractivity contribution in [3.8, 4) is 0 Å². The zero-order valence-electron chi connectivity index (χ0n) is 47.7. The van der Waals surface area contributed by atoms with Crippen molar-refractivity contribution in [2.45, 2.75) is 353 Å². The summed E-state index contributed by atoms with van der Waals surface area (Å²) < 4.78 is 5.50. The lowest BCUT2D eigenvalue weighted by Crippen LogP contribution is -2.45. The Morgan fingerprint density at radius 3 is 1.00 bits per heavy atom. The first-order valence-corrected chi connectivity index (χ1v) is 31.8. The quantitative estimate of drug-likeness (QED) is 0.0321. The molecule has 3 N–H and O–H groups in total. The molecule has 0 aromatic carbocycles. The molecule has 2 atom stereocenters. The highest BCUT2D eigenvalue weighted by molar-refractivity contribution is 5.76. The monoisotopic (exact) mass is 998 g/mol. The Kier molecular flexibility index (Phi) is 59.0. The van der Waals surface area contributed by atoms with Crippen LogP contribution in [0.1, 0.15) is 341 Å². The van der Waals surface area contributed by atoms with Gasteiger partial charge in [-0.05, 0) is 83.5 Å². The van der Waals surface area contributed by atoms with Crippen LogP contribution in [0.4, 0.5) is 0 Å². The van der Waals surface area contributed by atoms with Crippen LogP contribution in [0.25, 0.3) is 0 Å². The van der Waals surface area contributed by atoms with Gasteiger partial charge in [0, 0.05) is 12.8 Å². The molecule has 2 unspecified atom stereocenters. The van der Waals surface area contributed by atoms with Crippen LogP contribution in [0.5, 0.6) is 0 Å². The molecule has 6 nitrogen and oxygen atoms in total. The Morgan fingerprint density at radius 2 is 0.662 bits per heavy atom. The van der Waals surface area contributed by atoms with E-state index >= 15 is 0 Å². The van der Waals surface area contributed by atoms with Gasteiger partial charge in [0.1, 0.15) is 0 Å². The summed E-state index contributed by atoms with van der Waals surface area (Å²) in [5.74, 6) is -0.0594. The third-order valence-corrected chi connectivity index (χ3v) is 14.6. The third-order valence-electron chi connectivity index (χ3n) is 14.6. The van der Waals surface area contributed by atoms with Gasteiger partial charge in [0.15, 0.2) is 0 Å². The summed E-state index contributed by atoms with van der Waals surface area (Å²) in [5, 5.41) is 22.9. The number of esters is 1. The van der Waals surface area contributed by atoms with E-state index in [0.29, 0.717) is 19.4 Å². The van der Waals surface area contributed by atoms with Gasteiger partial charge in [-0.1, -0.05) is 281 Å². The van der Waals surface area contributed by atoms with Crippen molar-refractivity contribution in [1.82, 2.24) is 5.32 Å². The molecule has 71 heavy (non-hydrogen) atoms. The molecule has 0 spiro atoms. The number of carbonyl (C=O) groups excluding carboxylic acids is 2. The predicted octanol–water partition coefficient (Wildman–Crippen LogP) is 20.0. The van der Waals surface area contributed by atoms with Crippen LogP contribution in [0.2, 0.25) is 0 Å². The van der Waals surface area contributed by atoms with Crippen LogP contribution >= 0.6 is 0 Å². The highest BCUT2D eigenvalue weighted by atomic mass is 16.5. The predicted molar refractivity (Wildman–Crippen MR) is 310 cm³/mol. The fourth-order valence-corrected chi connectivity index (χ4v) is 9.74. The van der Waals surface area contributed by atoms with Gasteiger partial charge in [0.25, 0.3) is 0 Å². The number of hydrogen-bond acceptors (Lipinski definition) is 5. The number of aliphatic hydroxyl groups excluding tert-OH is 2. The summed E-state index contributed by atoms with van der Waals surface area (Å²) >= 11 is 0. The van der Waals surface area contributed by atoms with E-state index in [0.717, 1.165) is 44.9 Å². The first-order chi connectivity index (χ1) is 35.0. The number of hydrogen-bond donors (Lipinski definition) is 3. The lowest BCUT2D eigenvalue weighted by Gasteiger charge is -2.20. The zero-order chi connectivity index (χ0) is 51.4. The van der Waals surface area contributed by atoms with Crippen LogP contribution in [0, 0.1) is 0 Å². The molecule has 0 rings (SSSR count). The van der Waals surface area contributed by atoms with E-state index in [-0.39, 0.29) is 18.5 Å². The minimum absolute atomic E-state index is 0.0117. The van der Waals surface area contributed by atoms with E-state index in [1.54, 1.807) is 6.08 Å². The SMILES string of the molecule is CCCCCCCCC/C=C\CCCCCCCCCC(=O)OCCCCCCCCCCCCCC/C=C\CCCCCCCCCCCCCC(=O)NC(CO)C(O)/C=C/CCCCCCCCC. The van der Waals surface area contributed by atoms with Crippen molar-refractivity contribution in [1.29, 1.82) is 0 Å². The number of aliphatic hydroxyl groups is 2. The van der Waals surface area contributed by atoms with Gasteiger partial charge in [0.05, 0.1) is 25.4 Å². The summed E-state index contributed by atoms with van der Waals surface area (Å²) in [7, 11) is 0. The highest BCUT2D eigenvalue weighted by Gasteiger charge is 2.18. The lowest BCUT2D eigenvalue weighted by molar-refractivity contribution is -0.143. The molecule has 0 saturated heterocycles. The maximum atomic E-state index is 12.4. The molecule has 0 bridgehead atoms. The molecule has 6 heteroatoms. The second-order valence-electron chi connectivity index (χ2n) is 21.7. The minimum Gasteiger partial charge on any atom is -0.466 e. The number of nitrogens with one attached hydrogen (secondary N) is 1. The van der Waals surface area contributed by atoms with Gasteiger partial charge < -0.3 is 20.3 Å². The topological polar surface area (TPSA) is 95.9 Å². The van der Waals surface area contributed by atoms with E-state index in [9.17, 15) is 19.8 Å². The molecule has 0 fully saturated rings. The van der Waals surface area contributed by atoms with E-state index in [2.05, 4.69) is 43.5 Å². The van der Waals surface area contributed by atoms with E-state index < -0.39 is 12.1 Å². The second-order valence-corrected chi connectivity index (χ2v) is 21.7. The minimum atomic E-state index is -0.843. The number of amides is 1. The smallest absolute Gasteiger partial charge is 0.305 e. The van der Waals surface area contributed by atoms with Crippen molar-refractivity contribution in [2.24, 2.45) is 0 Å². The van der Waals surface area contributed by atoms with Crippen molar-refractivity contribution in [3.63, 3.8) is 0 Å². The van der Waals surface area contributed by atoms with E-state index in [4.69, 9.17) is 4.74 Å². The van der Waals surface area contributed by atoms with Crippen molar-refractivity contribution < 1.29 is 24.5 Å². The first kappa shape index (κ1) is 69.1. The molecule has 1 amide bonds. The number of unbranched alkanes of at least 4 members (excludes halogenated alkanes) is 44. The van der Waals surface area contributed by atoms with Crippen molar-refractivity contribution in [2.75, 3.05) is 13.2 Å². The van der Waals surface area contributed by atoms with Gasteiger partial charge >= 0.3 is 5.97 Å². The number of rotatable bonds is 59. The molecule has 0 aliphatic carbocycles. The molecule has 0 aromatic rings. The molecule has 418 valence electrons. The normalized spacial score (nSPS) is 12.8. The Hall–Kier alpha value is -1.92. The number of carbonyl (C=O) groups is 2. The van der Waals surface area contributed by atoms with Crippen LogP contribution < -0.4 is 5.32 Å². The second kappa shape index (κ2) is 60.6. The average Bonchev–Trinajstić information content (AvgIpc) is 3.37. The summed E-state index contributed by atoms with van der Waals surface area (Å²) in [6, 6.07) is -0.626. The largest absolute Gasteiger partial charge is 0.466 e. The fraction of sp³-hybridized carbons (Fsp3) is 0.877. The number of ether oxygens (including phenoxy) is 1. The third kappa shape index (κ3) is 57.2. The molecule has 0 saturated carbocycles. The van der Waals surface area contributed by atoms with Crippen molar-refractivity contribution >= 4 is 11.9 Å². The van der Waals surface area contributed by atoms with Crippen LogP contribution in [-0.2, 0) is 14.3 Å². The molecule has 0 radical (unpaired) electrons. The Morgan fingerprint density at radius 1 is 0.380 bits per heavy atom. The highest BCUT2D eigenvalue weighted by Crippen LogP contribution is 2.17. The molecular formula is C65H123NO5. The van der Waals surface area contributed by atoms with Crippen LogP contribution in [0.3, 0.4) is 0 Å². The van der Waals surface area contributed by atoms with Crippen LogP contribution in [0.15, 0.2) is 36.5 Å². The molecule has 0 aliphatic heterocycles. The Bertz CT molecular complexity index is 1150. The average molecular weight is 999 g/mol. The molecule has 0 aliphatic rings. The maximum absolute atomic E-state index is 12.4. The maximum Gasteiger partial charge on any atom is 0.305 e. The van der Waals surface area contributed by atoms with Gasteiger partial charge in [-0.25, -0.2) is 0 Å². The van der Waals surface area contributed by atoms with Crippen molar-refractivity contribution in [3.05, 3.63) is 36.5 Å². The lowest BCUT2D eigenvalue weighted by atomic mass is 10.0. The standard InChI is InChI=1S/C65H123NO5/c1-3-5-7-9-11-13-14-15-16-17-30-33-36-39-43-47-51-55-59-65(70)71-60-56-52-48-44-40-37-34-31-28-26-24-22-20-18-19-21-23-25-27-29-32-35-38-42-46-50-54-58-64(69)66-62(61-67)63(68)57-53-49-45-41-12-10-8-6-4-2/h16-19,53,57,62-63,67-68H,3-15,20-52,54-56,58-61H2,1-2H3,(H,66,69)/b17-16-,19-18-,57-53+. The fourth-order valence-electron chi connectivity index (χ4n) is 9.74.